The van der Waals surface area contributed by atoms with Crippen molar-refractivity contribution in [3.63, 3.8) is 0 Å². The zero-order valence-corrected chi connectivity index (χ0v) is 15.3. The van der Waals surface area contributed by atoms with Crippen LogP contribution in [0.4, 0.5) is 5.69 Å². The first kappa shape index (κ1) is 19.1. The zero-order chi connectivity index (χ0) is 18.6. The minimum Gasteiger partial charge on any atom is -0.494 e. The highest BCUT2D eigenvalue weighted by atomic mass is 35.5. The minimum atomic E-state index is -4.06. The van der Waals surface area contributed by atoms with Gasteiger partial charge in [-0.2, -0.15) is 0 Å². The third-order valence-corrected chi connectivity index (χ3v) is 5.44. The highest BCUT2D eigenvalue weighted by molar-refractivity contribution is 7.92. The smallest absolute Gasteiger partial charge is 0.324 e. The molecule has 1 N–H and O–H groups in total. The Hall–Kier alpha value is -2.25. The number of anilines is 1. The van der Waals surface area contributed by atoms with Crippen LogP contribution in [0, 0.1) is 6.92 Å². The molecule has 6 nitrogen and oxygen atoms in total. The molecule has 0 aliphatic carbocycles. The van der Waals surface area contributed by atoms with Crippen LogP contribution in [0.3, 0.4) is 0 Å². The number of rotatable bonds is 7. The van der Waals surface area contributed by atoms with Crippen molar-refractivity contribution in [2.45, 2.75) is 18.7 Å². The van der Waals surface area contributed by atoms with E-state index in [2.05, 4.69) is 0 Å². The predicted octanol–water partition coefficient (Wildman–Crippen LogP) is 3.33. The average Bonchev–Trinajstić information content (AvgIpc) is 2.54. The Labute approximate surface area is 151 Å². The van der Waals surface area contributed by atoms with Crippen molar-refractivity contribution in [1.29, 1.82) is 0 Å². The normalized spacial score (nSPS) is 11.2. The SMILES string of the molecule is CCOc1ccc(S(=O)(=O)N(CC(=O)O)c2ccc(Cl)cc2C)cc1. The molecule has 0 fully saturated rings. The van der Waals surface area contributed by atoms with Crippen LogP contribution in [0.2, 0.25) is 5.02 Å². The van der Waals surface area contributed by atoms with Crippen molar-refractivity contribution in [2.75, 3.05) is 17.5 Å². The quantitative estimate of drug-likeness (QED) is 0.792. The maximum atomic E-state index is 13.0. The molecule has 0 aliphatic rings. The Balaban J connectivity index is 2.50. The van der Waals surface area contributed by atoms with Gasteiger partial charge in [-0.25, -0.2) is 8.42 Å². The fourth-order valence-corrected chi connectivity index (χ4v) is 4.03. The van der Waals surface area contributed by atoms with Gasteiger partial charge in [0.25, 0.3) is 10.0 Å². The molecule has 0 unspecified atom stereocenters. The highest BCUT2D eigenvalue weighted by Gasteiger charge is 2.28. The van der Waals surface area contributed by atoms with Crippen LogP contribution in [0.1, 0.15) is 12.5 Å². The monoisotopic (exact) mass is 383 g/mol. The Bertz CT molecular complexity index is 865. The molecule has 0 radical (unpaired) electrons. The molecule has 8 heteroatoms. The van der Waals surface area contributed by atoms with Crippen LogP contribution < -0.4 is 9.04 Å². The van der Waals surface area contributed by atoms with E-state index in [-0.39, 0.29) is 10.6 Å². The summed E-state index contributed by atoms with van der Waals surface area (Å²) in [6.45, 7) is 3.26. The van der Waals surface area contributed by atoms with Crippen LogP contribution in [0.25, 0.3) is 0 Å². The van der Waals surface area contributed by atoms with Gasteiger partial charge in [-0.05, 0) is 61.9 Å². The molecule has 0 spiro atoms. The largest absolute Gasteiger partial charge is 0.494 e. The number of aryl methyl sites for hydroxylation is 1. The van der Waals surface area contributed by atoms with E-state index >= 15 is 0 Å². The van der Waals surface area contributed by atoms with Crippen LogP contribution in [-0.2, 0) is 14.8 Å². The first-order valence-corrected chi connectivity index (χ1v) is 9.31. The number of hydrogen-bond acceptors (Lipinski definition) is 4. The van der Waals surface area contributed by atoms with Gasteiger partial charge in [-0.15, -0.1) is 0 Å². The van der Waals surface area contributed by atoms with Crippen molar-refractivity contribution < 1.29 is 23.1 Å². The predicted molar refractivity (Wildman–Crippen MR) is 96.0 cm³/mol. The third-order valence-electron chi connectivity index (χ3n) is 3.43. The summed E-state index contributed by atoms with van der Waals surface area (Å²) in [5.41, 5.74) is 0.823. The molecule has 0 aromatic heterocycles. The molecule has 2 aromatic rings. The standard InChI is InChI=1S/C17H18ClNO5S/c1-3-24-14-5-7-15(8-6-14)25(22,23)19(11-17(20)21)16-9-4-13(18)10-12(16)2/h4-10H,3,11H2,1-2H3,(H,20,21). The highest BCUT2D eigenvalue weighted by Crippen LogP contribution is 2.29. The number of carboxylic acids is 1. The molecule has 134 valence electrons. The molecule has 0 bridgehead atoms. The van der Waals surface area contributed by atoms with Gasteiger partial charge in [0.05, 0.1) is 17.2 Å². The number of benzene rings is 2. The van der Waals surface area contributed by atoms with Gasteiger partial charge in [-0.1, -0.05) is 11.6 Å². The molecule has 0 saturated heterocycles. The lowest BCUT2D eigenvalue weighted by Crippen LogP contribution is -2.36. The van der Waals surface area contributed by atoms with E-state index in [0.717, 1.165) is 4.31 Å². The van der Waals surface area contributed by atoms with Gasteiger partial charge in [0.15, 0.2) is 0 Å². The van der Waals surface area contributed by atoms with E-state index in [1.165, 1.54) is 36.4 Å². The number of sulfonamides is 1. The topological polar surface area (TPSA) is 83.9 Å². The van der Waals surface area contributed by atoms with Gasteiger partial charge < -0.3 is 9.84 Å². The summed E-state index contributed by atoms with van der Waals surface area (Å²) >= 11 is 5.91. The van der Waals surface area contributed by atoms with E-state index in [0.29, 0.717) is 22.9 Å². The number of carboxylic acid groups (broad SMARTS) is 1. The first-order chi connectivity index (χ1) is 11.8. The molecule has 25 heavy (non-hydrogen) atoms. The molecule has 0 aliphatic heterocycles. The van der Waals surface area contributed by atoms with Crippen LogP contribution in [-0.4, -0.2) is 32.6 Å². The van der Waals surface area contributed by atoms with Crippen molar-refractivity contribution in [2.24, 2.45) is 0 Å². The molecule has 2 aromatic carbocycles. The number of hydrogen-bond donors (Lipinski definition) is 1. The van der Waals surface area contributed by atoms with E-state index in [4.69, 9.17) is 21.4 Å². The fourth-order valence-electron chi connectivity index (χ4n) is 2.32. The first-order valence-electron chi connectivity index (χ1n) is 7.49. The van der Waals surface area contributed by atoms with Crippen LogP contribution in [0.5, 0.6) is 5.75 Å². The number of aliphatic carboxylic acids is 1. The maximum absolute atomic E-state index is 13.0. The molecule has 2 rings (SSSR count). The Kier molecular flexibility index (Phi) is 5.92. The fraction of sp³-hybridized carbons (Fsp3) is 0.235. The number of nitrogens with zero attached hydrogens (tertiary/aromatic N) is 1. The molecule has 0 atom stereocenters. The lowest BCUT2D eigenvalue weighted by atomic mass is 10.2. The second kappa shape index (κ2) is 7.76. The third kappa shape index (κ3) is 4.43. The number of ether oxygens (including phenoxy) is 1. The van der Waals surface area contributed by atoms with Gasteiger partial charge in [0, 0.05) is 5.02 Å². The summed E-state index contributed by atoms with van der Waals surface area (Å²) in [4.78, 5) is 11.2. The molecule has 0 heterocycles. The summed E-state index contributed by atoms with van der Waals surface area (Å²) in [7, 11) is -4.06. The summed E-state index contributed by atoms with van der Waals surface area (Å²) in [5.74, 6) is -0.724. The van der Waals surface area contributed by atoms with E-state index < -0.39 is 22.5 Å². The lowest BCUT2D eigenvalue weighted by molar-refractivity contribution is -0.135. The maximum Gasteiger partial charge on any atom is 0.324 e. The lowest BCUT2D eigenvalue weighted by Gasteiger charge is -2.24. The summed E-state index contributed by atoms with van der Waals surface area (Å²) < 4.78 is 32.1. The van der Waals surface area contributed by atoms with Crippen LogP contribution >= 0.6 is 11.6 Å². The van der Waals surface area contributed by atoms with Crippen LogP contribution in [0.15, 0.2) is 47.4 Å². The summed E-state index contributed by atoms with van der Waals surface area (Å²) in [6, 6.07) is 10.4. The second-order valence-electron chi connectivity index (χ2n) is 5.24. The average molecular weight is 384 g/mol. The number of carbonyl (C=O) groups is 1. The van der Waals surface area contributed by atoms with Gasteiger partial charge in [-0.3, -0.25) is 9.10 Å². The van der Waals surface area contributed by atoms with Crippen molar-refractivity contribution in [3.05, 3.63) is 53.1 Å². The van der Waals surface area contributed by atoms with Gasteiger partial charge in [0.2, 0.25) is 0 Å². The van der Waals surface area contributed by atoms with E-state index in [9.17, 15) is 13.2 Å². The Morgan fingerprint density at radius 3 is 2.36 bits per heavy atom. The Morgan fingerprint density at radius 2 is 1.84 bits per heavy atom. The summed E-state index contributed by atoms with van der Waals surface area (Å²) in [5, 5.41) is 9.60. The van der Waals surface area contributed by atoms with Crippen molar-refractivity contribution in [1.82, 2.24) is 0 Å². The second-order valence-corrected chi connectivity index (χ2v) is 7.54. The number of halogens is 1. The molecular formula is C17H18ClNO5S. The van der Waals surface area contributed by atoms with Gasteiger partial charge >= 0.3 is 5.97 Å². The van der Waals surface area contributed by atoms with Crippen molar-refractivity contribution >= 4 is 33.3 Å². The van der Waals surface area contributed by atoms with Crippen molar-refractivity contribution in [3.8, 4) is 5.75 Å². The minimum absolute atomic E-state index is 0.0217. The zero-order valence-electron chi connectivity index (χ0n) is 13.8. The molecular weight excluding hydrogens is 366 g/mol. The molecule has 0 saturated carbocycles. The summed E-state index contributed by atoms with van der Waals surface area (Å²) in [6.07, 6.45) is 0. The van der Waals surface area contributed by atoms with E-state index in [1.807, 2.05) is 6.92 Å². The Morgan fingerprint density at radius 1 is 1.20 bits per heavy atom. The van der Waals surface area contributed by atoms with E-state index in [1.54, 1.807) is 13.0 Å². The van der Waals surface area contributed by atoms with Gasteiger partial charge in [0.1, 0.15) is 12.3 Å². The molecule has 0 amide bonds.